The van der Waals surface area contributed by atoms with E-state index in [1.165, 1.54) is 0 Å². The number of fused-ring (bicyclic) bond motifs is 1. The van der Waals surface area contributed by atoms with E-state index in [1.807, 2.05) is 54.6 Å². The minimum Gasteiger partial charge on any atom is -0.490 e. The fourth-order valence-electron chi connectivity index (χ4n) is 5.26. The van der Waals surface area contributed by atoms with Crippen molar-refractivity contribution in [3.63, 3.8) is 0 Å². The van der Waals surface area contributed by atoms with Crippen molar-refractivity contribution in [2.24, 2.45) is 0 Å². The Kier molecular flexibility index (Phi) is 7.46. The smallest absolute Gasteiger partial charge is 0.229 e. The van der Waals surface area contributed by atoms with Crippen LogP contribution in [-0.2, 0) is 10.8 Å². The molecule has 1 saturated heterocycles. The summed E-state index contributed by atoms with van der Waals surface area (Å²) in [5.41, 5.74) is 2.73. The van der Waals surface area contributed by atoms with E-state index in [1.54, 1.807) is 12.4 Å². The van der Waals surface area contributed by atoms with Crippen LogP contribution in [0.2, 0.25) is 0 Å². The molecule has 1 aliphatic carbocycles. The van der Waals surface area contributed by atoms with Gasteiger partial charge in [-0.25, -0.2) is 4.98 Å². The number of para-hydroxylation sites is 1. The molecular weight excluding hydrogens is 496 g/mol. The van der Waals surface area contributed by atoms with Gasteiger partial charge in [-0.3, -0.25) is 14.1 Å². The van der Waals surface area contributed by atoms with Gasteiger partial charge in [0.1, 0.15) is 11.6 Å². The fraction of sp³-hybridized carbons (Fsp3) is 0.345. The standard InChI is InChI=1S/C29H32N6O2S/c36-38-17-15-35(16-18-38)24-7-11-26(12-8-24)37-25-9-5-22(6-10-25)33-29-30-14-13-28(34-29)32-23-19-21-3-1-2-4-27(21)31-20-23/h1-6,9-10,13-14,19-20,24,26H,7-8,11-12,15-18H2,(H2,30,32,33,34). The molecule has 0 radical (unpaired) electrons. The number of nitrogens with one attached hydrogen (secondary N) is 2. The maximum Gasteiger partial charge on any atom is 0.229 e. The number of nitrogens with zero attached hydrogens (tertiary/aromatic N) is 4. The summed E-state index contributed by atoms with van der Waals surface area (Å²) in [6.45, 7) is 1.95. The van der Waals surface area contributed by atoms with Crippen LogP contribution in [-0.4, -0.2) is 60.8 Å². The lowest BCUT2D eigenvalue weighted by molar-refractivity contribution is 0.0928. The highest BCUT2D eigenvalue weighted by atomic mass is 32.2. The molecule has 38 heavy (non-hydrogen) atoms. The van der Waals surface area contributed by atoms with E-state index >= 15 is 0 Å². The molecule has 2 fully saturated rings. The second-order valence-corrected chi connectivity index (χ2v) is 11.6. The van der Waals surface area contributed by atoms with Crippen LogP contribution in [0.5, 0.6) is 5.75 Å². The zero-order valence-corrected chi connectivity index (χ0v) is 22.1. The van der Waals surface area contributed by atoms with Crippen LogP contribution >= 0.6 is 0 Å². The van der Waals surface area contributed by atoms with Crippen LogP contribution in [0.15, 0.2) is 73.1 Å². The average molecular weight is 529 g/mol. The molecular formula is C29H32N6O2S. The second kappa shape index (κ2) is 11.4. The van der Waals surface area contributed by atoms with E-state index in [-0.39, 0.29) is 6.10 Å². The number of pyridine rings is 1. The molecule has 1 aliphatic heterocycles. The molecule has 1 saturated carbocycles. The second-order valence-electron chi connectivity index (χ2n) is 9.89. The number of anilines is 4. The summed E-state index contributed by atoms with van der Waals surface area (Å²) in [5.74, 6) is 3.73. The molecule has 0 spiro atoms. The van der Waals surface area contributed by atoms with Crippen molar-refractivity contribution in [3.8, 4) is 5.75 Å². The lowest BCUT2D eigenvalue weighted by Crippen LogP contribution is -2.46. The third kappa shape index (κ3) is 6.11. The van der Waals surface area contributed by atoms with Gasteiger partial charge in [0.25, 0.3) is 0 Å². The first-order valence-electron chi connectivity index (χ1n) is 13.3. The number of hydrogen-bond acceptors (Lipinski definition) is 8. The average Bonchev–Trinajstić information content (AvgIpc) is 2.95. The Labute approximate surface area is 225 Å². The first kappa shape index (κ1) is 24.8. The van der Waals surface area contributed by atoms with E-state index in [2.05, 4.69) is 36.6 Å². The first-order chi connectivity index (χ1) is 18.7. The van der Waals surface area contributed by atoms with Crippen LogP contribution in [0.25, 0.3) is 10.9 Å². The number of hydrogen-bond donors (Lipinski definition) is 2. The van der Waals surface area contributed by atoms with Crippen molar-refractivity contribution >= 4 is 44.8 Å². The lowest BCUT2D eigenvalue weighted by atomic mass is 9.91. The van der Waals surface area contributed by atoms with Crippen LogP contribution in [0, 0.1) is 0 Å². The molecule has 0 unspecified atom stereocenters. The Bertz CT molecular complexity index is 1400. The molecule has 2 aliphatic rings. The zero-order valence-electron chi connectivity index (χ0n) is 21.3. The van der Waals surface area contributed by atoms with E-state index in [9.17, 15) is 4.21 Å². The SMILES string of the molecule is O=S1CCN(C2CCC(Oc3ccc(Nc4nccc(Nc5cnc6ccccc6c5)n4)cc3)CC2)CC1. The van der Waals surface area contributed by atoms with Gasteiger partial charge in [0, 0.05) is 58.7 Å². The van der Waals surface area contributed by atoms with Gasteiger partial charge in [0.05, 0.1) is 23.5 Å². The fourth-order valence-corrected chi connectivity index (χ4v) is 6.34. The third-order valence-corrected chi connectivity index (χ3v) is 8.58. The lowest BCUT2D eigenvalue weighted by Gasteiger charge is -2.38. The van der Waals surface area contributed by atoms with E-state index in [0.717, 1.165) is 78.3 Å². The molecule has 2 aromatic carbocycles. The number of aromatic nitrogens is 3. The van der Waals surface area contributed by atoms with Gasteiger partial charge in [-0.05, 0) is 68.1 Å². The summed E-state index contributed by atoms with van der Waals surface area (Å²) in [5, 5.41) is 7.66. The van der Waals surface area contributed by atoms with Crippen molar-refractivity contribution in [1.29, 1.82) is 0 Å². The number of ether oxygens (including phenoxy) is 1. The molecule has 196 valence electrons. The Morgan fingerprint density at radius 3 is 2.47 bits per heavy atom. The molecule has 2 aromatic heterocycles. The Morgan fingerprint density at radius 1 is 0.868 bits per heavy atom. The normalized spacial score (nSPS) is 20.7. The summed E-state index contributed by atoms with van der Waals surface area (Å²) in [6, 6.07) is 20.5. The number of benzene rings is 2. The summed E-state index contributed by atoms with van der Waals surface area (Å²) < 4.78 is 17.9. The monoisotopic (exact) mass is 528 g/mol. The first-order valence-corrected chi connectivity index (χ1v) is 14.7. The van der Waals surface area contributed by atoms with Crippen LogP contribution in [0.3, 0.4) is 0 Å². The molecule has 6 rings (SSSR count). The summed E-state index contributed by atoms with van der Waals surface area (Å²) >= 11 is 0. The third-order valence-electron chi connectivity index (χ3n) is 7.30. The molecule has 8 nitrogen and oxygen atoms in total. The molecule has 3 heterocycles. The van der Waals surface area contributed by atoms with Crippen LogP contribution in [0.1, 0.15) is 25.7 Å². The molecule has 0 amide bonds. The molecule has 0 atom stereocenters. The minimum atomic E-state index is -0.613. The van der Waals surface area contributed by atoms with Crippen molar-refractivity contribution < 1.29 is 8.95 Å². The van der Waals surface area contributed by atoms with Gasteiger partial charge >= 0.3 is 0 Å². The van der Waals surface area contributed by atoms with Crippen LogP contribution in [0.4, 0.5) is 23.1 Å². The predicted octanol–water partition coefficient (Wildman–Crippen LogP) is 5.27. The van der Waals surface area contributed by atoms with Crippen molar-refractivity contribution in [2.45, 2.75) is 37.8 Å². The quantitative estimate of drug-likeness (QED) is 0.335. The van der Waals surface area contributed by atoms with Crippen molar-refractivity contribution in [3.05, 3.63) is 73.1 Å². The van der Waals surface area contributed by atoms with E-state index in [4.69, 9.17) is 4.74 Å². The highest BCUT2D eigenvalue weighted by molar-refractivity contribution is 7.85. The Balaban J connectivity index is 1.01. The van der Waals surface area contributed by atoms with Gasteiger partial charge in [-0.1, -0.05) is 18.2 Å². The predicted molar refractivity (Wildman–Crippen MR) is 153 cm³/mol. The maximum atomic E-state index is 11.6. The molecule has 0 bridgehead atoms. The van der Waals surface area contributed by atoms with Gasteiger partial charge < -0.3 is 15.4 Å². The van der Waals surface area contributed by atoms with Crippen LogP contribution < -0.4 is 15.4 Å². The van der Waals surface area contributed by atoms with Crippen molar-refractivity contribution in [2.75, 3.05) is 35.2 Å². The number of rotatable bonds is 7. The highest BCUT2D eigenvalue weighted by Gasteiger charge is 2.28. The van der Waals surface area contributed by atoms with Gasteiger partial charge in [0.15, 0.2) is 0 Å². The highest BCUT2D eigenvalue weighted by Crippen LogP contribution is 2.28. The van der Waals surface area contributed by atoms with E-state index < -0.39 is 10.8 Å². The molecule has 9 heteroatoms. The maximum absolute atomic E-state index is 11.6. The largest absolute Gasteiger partial charge is 0.490 e. The van der Waals surface area contributed by atoms with Gasteiger partial charge in [0.2, 0.25) is 5.95 Å². The minimum absolute atomic E-state index is 0.250. The van der Waals surface area contributed by atoms with Gasteiger partial charge in [-0.15, -0.1) is 0 Å². The Hall–Kier alpha value is -3.56. The molecule has 2 N–H and O–H groups in total. The van der Waals surface area contributed by atoms with Crippen molar-refractivity contribution in [1.82, 2.24) is 19.9 Å². The summed E-state index contributed by atoms with van der Waals surface area (Å²) in [4.78, 5) is 16.0. The summed E-state index contributed by atoms with van der Waals surface area (Å²) in [7, 11) is -0.613. The molecule has 4 aromatic rings. The zero-order chi connectivity index (χ0) is 25.7. The summed E-state index contributed by atoms with van der Waals surface area (Å²) in [6.07, 6.45) is 8.19. The van der Waals surface area contributed by atoms with E-state index in [0.29, 0.717) is 17.8 Å². The Morgan fingerprint density at radius 2 is 1.66 bits per heavy atom. The topological polar surface area (TPSA) is 92.3 Å². The van der Waals surface area contributed by atoms with Gasteiger partial charge in [-0.2, -0.15) is 4.98 Å².